The lowest BCUT2D eigenvalue weighted by atomic mass is 9.88. The number of halogens is 9. The zero-order valence-corrected chi connectivity index (χ0v) is 26.2. The Hall–Kier alpha value is -3.94. The standard InChI is InChI=1S/C29H24F8IN5O4/c1-42-27(6-2-3-7-27)24(45)20(26(47)43(42)11-13-8-16(38)23(44)22(31)21(13)30)25(46)41-17-5-4-14(28(32,33)34)9-15(17)18-10-19(29(35,36)37)40-12-39-18/h4-5,8-10,40,44-45H,2-3,6-7,11-12H2,1H3,(H,41,46). The summed E-state index contributed by atoms with van der Waals surface area (Å²) in [6.07, 6.45) is -7.84. The fourth-order valence-corrected chi connectivity index (χ4v) is 6.42. The van der Waals surface area contributed by atoms with Crippen molar-refractivity contribution in [3.8, 4) is 5.75 Å². The lowest BCUT2D eigenvalue weighted by molar-refractivity contribution is -0.163. The highest BCUT2D eigenvalue weighted by Gasteiger charge is 2.53. The molecular formula is C29H24F8IN5O4. The number of alkyl halides is 6. The number of amides is 2. The van der Waals surface area contributed by atoms with E-state index in [9.17, 15) is 54.9 Å². The fraction of sp³-hybridized carbons (Fsp3) is 0.345. The zero-order valence-electron chi connectivity index (χ0n) is 24.1. The Morgan fingerprint density at radius 3 is 2.34 bits per heavy atom. The van der Waals surface area contributed by atoms with Gasteiger partial charge in [-0.15, -0.1) is 0 Å². The number of anilines is 1. The second-order valence-electron chi connectivity index (χ2n) is 11.0. The molecule has 1 aliphatic carbocycles. The van der Waals surface area contributed by atoms with E-state index in [0.717, 1.165) is 17.1 Å². The van der Waals surface area contributed by atoms with Gasteiger partial charge in [0.1, 0.15) is 23.7 Å². The third-order valence-electron chi connectivity index (χ3n) is 8.27. The highest BCUT2D eigenvalue weighted by molar-refractivity contribution is 14.1. The van der Waals surface area contributed by atoms with Crippen LogP contribution in [0.4, 0.5) is 40.8 Å². The molecule has 2 aromatic rings. The quantitative estimate of drug-likeness (QED) is 0.127. The van der Waals surface area contributed by atoms with Crippen molar-refractivity contribution in [1.82, 2.24) is 15.3 Å². The number of carbonyl (C=O) groups excluding carboxylic acids is 2. The van der Waals surface area contributed by atoms with E-state index in [1.54, 1.807) is 22.6 Å². The van der Waals surface area contributed by atoms with Crippen LogP contribution in [0.15, 0.2) is 52.4 Å². The van der Waals surface area contributed by atoms with Gasteiger partial charge in [0, 0.05) is 18.2 Å². The van der Waals surface area contributed by atoms with Gasteiger partial charge < -0.3 is 20.8 Å². The van der Waals surface area contributed by atoms with Gasteiger partial charge in [0.2, 0.25) is 5.82 Å². The Bertz CT molecular complexity index is 1750. The Labute approximate surface area is 274 Å². The van der Waals surface area contributed by atoms with Crippen LogP contribution in [0.5, 0.6) is 5.75 Å². The molecule has 0 atom stereocenters. The van der Waals surface area contributed by atoms with Crippen LogP contribution in [0.3, 0.4) is 0 Å². The molecular weight excluding hydrogens is 761 g/mol. The maximum Gasteiger partial charge on any atom is 0.431 e. The number of hydrogen-bond donors (Lipinski definition) is 4. The monoisotopic (exact) mass is 785 g/mol. The summed E-state index contributed by atoms with van der Waals surface area (Å²) in [6.45, 7) is -1.30. The van der Waals surface area contributed by atoms with E-state index in [0.29, 0.717) is 31.1 Å². The van der Waals surface area contributed by atoms with Crippen molar-refractivity contribution in [2.24, 2.45) is 4.99 Å². The maximum atomic E-state index is 14.9. The van der Waals surface area contributed by atoms with Crippen molar-refractivity contribution < 1.29 is 54.9 Å². The molecule has 1 spiro atoms. The molecule has 0 radical (unpaired) electrons. The Balaban J connectivity index is 1.58. The number of aliphatic imine (C=N–C) groups is 1. The number of aromatic hydroxyl groups is 1. The largest absolute Gasteiger partial charge is 0.509 e. The SMILES string of the molecule is CN1N(Cc2cc(I)c(O)c(F)c2F)C(=O)C(C(=O)Nc2ccc(C(F)(F)F)cc2C2=NCNC(C(F)(F)F)=C2)=C(O)C12CCCC2. The first-order chi connectivity index (χ1) is 21.9. The summed E-state index contributed by atoms with van der Waals surface area (Å²) in [5.41, 5.74) is -6.72. The molecule has 3 aliphatic rings. The first-order valence-corrected chi connectivity index (χ1v) is 14.9. The number of aliphatic hydroxyl groups excluding tert-OH is 1. The van der Waals surface area contributed by atoms with Gasteiger partial charge >= 0.3 is 12.4 Å². The predicted octanol–water partition coefficient (Wildman–Crippen LogP) is 6.04. The fourth-order valence-electron chi connectivity index (χ4n) is 5.81. The number of phenols is 1. The molecule has 2 aromatic carbocycles. The smallest absolute Gasteiger partial charge is 0.431 e. The molecule has 4 N–H and O–H groups in total. The second-order valence-corrected chi connectivity index (χ2v) is 12.2. The van der Waals surface area contributed by atoms with Gasteiger partial charge in [-0.1, -0.05) is 12.8 Å². The Morgan fingerprint density at radius 1 is 1.06 bits per heavy atom. The molecule has 1 saturated carbocycles. The topological polar surface area (TPSA) is 118 Å². The van der Waals surface area contributed by atoms with E-state index in [4.69, 9.17) is 0 Å². The number of nitrogens with one attached hydrogen (secondary N) is 2. The number of hydrazine groups is 1. The van der Waals surface area contributed by atoms with Crippen LogP contribution in [0.25, 0.3) is 0 Å². The number of hydrogen-bond acceptors (Lipinski definition) is 7. The molecule has 2 amide bonds. The van der Waals surface area contributed by atoms with Gasteiger partial charge in [-0.2, -0.15) is 30.7 Å². The van der Waals surface area contributed by atoms with Crippen LogP contribution in [-0.2, 0) is 22.3 Å². The zero-order chi connectivity index (χ0) is 34.6. The van der Waals surface area contributed by atoms with Crippen LogP contribution in [0.1, 0.15) is 42.4 Å². The van der Waals surface area contributed by atoms with Crippen molar-refractivity contribution in [1.29, 1.82) is 0 Å². The lowest BCUT2D eigenvalue weighted by Gasteiger charge is -2.48. The summed E-state index contributed by atoms with van der Waals surface area (Å²) in [4.78, 5) is 31.4. The van der Waals surface area contributed by atoms with Crippen LogP contribution in [-0.4, -0.2) is 63.2 Å². The molecule has 252 valence electrons. The number of likely N-dealkylation sites (N-methyl/N-ethyl adjacent to an activating group) is 1. The number of nitrogens with zero attached hydrogens (tertiary/aromatic N) is 3. The van der Waals surface area contributed by atoms with Crippen LogP contribution >= 0.6 is 22.6 Å². The summed E-state index contributed by atoms with van der Waals surface area (Å²) < 4.78 is 110. The molecule has 0 aromatic heterocycles. The second kappa shape index (κ2) is 12.3. The first kappa shape index (κ1) is 34.4. The van der Waals surface area contributed by atoms with E-state index in [1.807, 2.05) is 5.32 Å². The van der Waals surface area contributed by atoms with E-state index < -0.39 is 99.9 Å². The van der Waals surface area contributed by atoms with Crippen molar-refractivity contribution >= 4 is 45.8 Å². The minimum absolute atomic E-state index is 0.0751. The molecule has 47 heavy (non-hydrogen) atoms. The van der Waals surface area contributed by atoms with Crippen molar-refractivity contribution in [3.05, 3.63) is 79.3 Å². The minimum atomic E-state index is -4.93. The lowest BCUT2D eigenvalue weighted by Crippen LogP contribution is -2.62. The van der Waals surface area contributed by atoms with Crippen LogP contribution in [0.2, 0.25) is 0 Å². The Morgan fingerprint density at radius 2 is 1.72 bits per heavy atom. The number of aliphatic hydroxyl groups is 1. The molecule has 2 aliphatic heterocycles. The summed E-state index contributed by atoms with van der Waals surface area (Å²) in [6, 6.07) is 2.92. The third-order valence-corrected chi connectivity index (χ3v) is 9.09. The van der Waals surface area contributed by atoms with Crippen LogP contribution in [0, 0.1) is 15.2 Å². The van der Waals surface area contributed by atoms with Gasteiger partial charge in [0.15, 0.2) is 11.6 Å². The molecule has 2 heterocycles. The van der Waals surface area contributed by atoms with Gasteiger partial charge in [0.05, 0.1) is 32.6 Å². The number of rotatable bonds is 5. The number of benzene rings is 2. The van der Waals surface area contributed by atoms with Crippen LogP contribution < -0.4 is 10.6 Å². The van der Waals surface area contributed by atoms with E-state index >= 15 is 0 Å². The average Bonchev–Trinajstić information content (AvgIpc) is 3.50. The first-order valence-electron chi connectivity index (χ1n) is 13.8. The third kappa shape index (κ3) is 6.23. The molecule has 0 saturated heterocycles. The highest BCUT2D eigenvalue weighted by Crippen LogP contribution is 2.45. The number of carbonyl (C=O) groups is 2. The average molecular weight is 785 g/mol. The normalized spacial score (nSPS) is 18.8. The van der Waals surface area contributed by atoms with Gasteiger partial charge in [-0.05, 0) is 65.8 Å². The predicted molar refractivity (Wildman–Crippen MR) is 159 cm³/mol. The number of phenolic OH excluding ortho intramolecular Hbond substituents is 1. The summed E-state index contributed by atoms with van der Waals surface area (Å²) >= 11 is 1.56. The van der Waals surface area contributed by atoms with Gasteiger partial charge in [-0.3, -0.25) is 19.6 Å². The van der Waals surface area contributed by atoms with Gasteiger partial charge in [-0.25, -0.2) is 9.40 Å². The molecule has 1 fully saturated rings. The van der Waals surface area contributed by atoms with Crippen molar-refractivity contribution in [2.75, 3.05) is 19.0 Å². The Kier molecular flexibility index (Phi) is 8.97. The maximum absolute atomic E-state index is 14.9. The highest BCUT2D eigenvalue weighted by atomic mass is 127. The van der Waals surface area contributed by atoms with E-state index in [2.05, 4.69) is 10.3 Å². The molecule has 18 heteroatoms. The summed E-state index contributed by atoms with van der Waals surface area (Å²) in [7, 11) is 1.40. The van der Waals surface area contributed by atoms with E-state index in [1.165, 1.54) is 12.1 Å². The van der Waals surface area contributed by atoms with Crippen molar-refractivity contribution in [2.45, 2.75) is 50.1 Å². The molecule has 9 nitrogen and oxygen atoms in total. The van der Waals surface area contributed by atoms with Crippen molar-refractivity contribution in [3.63, 3.8) is 0 Å². The van der Waals surface area contributed by atoms with Gasteiger partial charge in [0.25, 0.3) is 11.8 Å². The van der Waals surface area contributed by atoms with E-state index in [-0.39, 0.29) is 22.0 Å². The number of allylic oxidation sites excluding steroid dienone is 2. The summed E-state index contributed by atoms with van der Waals surface area (Å²) in [5.74, 6) is -7.15. The molecule has 0 bridgehead atoms. The molecule has 5 rings (SSSR count). The minimum Gasteiger partial charge on any atom is -0.509 e. The molecule has 0 unspecified atom stereocenters. The summed E-state index contributed by atoms with van der Waals surface area (Å²) in [5, 5.41) is 27.6.